The van der Waals surface area contributed by atoms with E-state index in [9.17, 15) is 4.79 Å². The second-order valence-electron chi connectivity index (χ2n) is 7.04. The summed E-state index contributed by atoms with van der Waals surface area (Å²) in [5.74, 6) is 1.39. The van der Waals surface area contributed by atoms with Gasteiger partial charge in [-0.3, -0.25) is 4.79 Å². The fourth-order valence-electron chi connectivity index (χ4n) is 2.61. The molecule has 1 heterocycles. The van der Waals surface area contributed by atoms with E-state index in [1.807, 2.05) is 38.1 Å². The van der Waals surface area contributed by atoms with Gasteiger partial charge in [-0.05, 0) is 41.8 Å². The highest BCUT2D eigenvalue weighted by atomic mass is 35.5. The summed E-state index contributed by atoms with van der Waals surface area (Å²) in [5, 5.41) is 6.35. The molecule has 3 aromatic rings. The average molecular weight is 465 g/mol. The van der Waals surface area contributed by atoms with Crippen LogP contribution in [-0.4, -0.2) is 24.5 Å². The van der Waals surface area contributed by atoms with Crippen LogP contribution in [0, 0.1) is 5.92 Å². The summed E-state index contributed by atoms with van der Waals surface area (Å²) < 4.78 is 11.4. The van der Waals surface area contributed by atoms with Crippen LogP contribution >= 0.6 is 34.5 Å². The molecule has 8 heteroatoms. The van der Waals surface area contributed by atoms with Crippen LogP contribution in [0.4, 0.5) is 0 Å². The molecule has 0 saturated heterocycles. The molecule has 0 bridgehead atoms. The second kappa shape index (κ2) is 10.2. The van der Waals surface area contributed by atoms with E-state index in [4.69, 9.17) is 32.7 Å². The number of carbonyl (C=O) groups excluding carboxylic acids is 1. The minimum absolute atomic E-state index is 0.167. The Morgan fingerprint density at radius 1 is 1.13 bits per heavy atom. The SMILES string of the molecule is COc1cc(-c2nc(C(=O)NCC(C)C)cs2)ccc1OCc1ccc(Cl)c(Cl)c1. The lowest BCUT2D eigenvalue weighted by molar-refractivity contribution is 0.0945. The number of carbonyl (C=O) groups is 1. The van der Waals surface area contributed by atoms with Gasteiger partial charge in [-0.25, -0.2) is 4.98 Å². The molecule has 0 radical (unpaired) electrons. The first kappa shape index (κ1) is 22.4. The van der Waals surface area contributed by atoms with Gasteiger partial charge in [0.2, 0.25) is 0 Å². The maximum Gasteiger partial charge on any atom is 0.270 e. The number of nitrogens with one attached hydrogen (secondary N) is 1. The number of amides is 1. The standard InChI is InChI=1S/C22H22Cl2N2O3S/c1-13(2)10-25-21(27)18-12-30-22(26-18)15-5-7-19(20(9-15)28-3)29-11-14-4-6-16(23)17(24)8-14/h4-9,12-13H,10-11H2,1-3H3,(H,25,27). The Morgan fingerprint density at radius 2 is 1.93 bits per heavy atom. The highest BCUT2D eigenvalue weighted by molar-refractivity contribution is 7.13. The first-order valence-corrected chi connectivity index (χ1v) is 11.0. The van der Waals surface area contributed by atoms with Crippen molar-refractivity contribution in [2.24, 2.45) is 5.92 Å². The molecule has 0 aliphatic carbocycles. The monoisotopic (exact) mass is 464 g/mol. The molecule has 0 aliphatic rings. The van der Waals surface area contributed by atoms with Crippen LogP contribution in [0.5, 0.6) is 11.5 Å². The lowest BCUT2D eigenvalue weighted by atomic mass is 10.2. The summed E-state index contributed by atoms with van der Waals surface area (Å²) in [6, 6.07) is 10.9. The Kier molecular flexibility index (Phi) is 7.58. The van der Waals surface area contributed by atoms with Gasteiger partial charge in [0.25, 0.3) is 5.91 Å². The molecular formula is C22H22Cl2N2O3S. The Bertz CT molecular complexity index is 1040. The van der Waals surface area contributed by atoms with Crippen molar-refractivity contribution in [3.63, 3.8) is 0 Å². The number of benzene rings is 2. The van der Waals surface area contributed by atoms with Gasteiger partial charge in [-0.2, -0.15) is 0 Å². The number of methoxy groups -OCH3 is 1. The molecule has 2 aromatic carbocycles. The predicted octanol–water partition coefficient (Wildman–Crippen LogP) is 6.09. The molecule has 158 valence electrons. The number of aromatic nitrogens is 1. The van der Waals surface area contributed by atoms with E-state index in [2.05, 4.69) is 10.3 Å². The van der Waals surface area contributed by atoms with Crippen LogP contribution < -0.4 is 14.8 Å². The molecule has 0 spiro atoms. The molecule has 0 unspecified atom stereocenters. The highest BCUT2D eigenvalue weighted by Gasteiger charge is 2.14. The summed E-state index contributed by atoms with van der Waals surface area (Å²) in [4.78, 5) is 16.7. The normalized spacial score (nSPS) is 10.9. The molecule has 0 atom stereocenters. The van der Waals surface area contributed by atoms with Crippen molar-refractivity contribution in [2.45, 2.75) is 20.5 Å². The number of thiazole rings is 1. The van der Waals surface area contributed by atoms with Crippen LogP contribution in [0.1, 0.15) is 29.9 Å². The van der Waals surface area contributed by atoms with E-state index in [0.717, 1.165) is 16.1 Å². The van der Waals surface area contributed by atoms with Crippen molar-refractivity contribution >= 4 is 40.4 Å². The van der Waals surface area contributed by atoms with Crippen molar-refractivity contribution in [2.75, 3.05) is 13.7 Å². The zero-order valence-corrected chi connectivity index (χ0v) is 19.2. The smallest absolute Gasteiger partial charge is 0.270 e. The summed E-state index contributed by atoms with van der Waals surface area (Å²) in [6.45, 7) is 5.03. The van der Waals surface area contributed by atoms with Gasteiger partial charge in [-0.15, -0.1) is 11.3 Å². The minimum atomic E-state index is -0.167. The van der Waals surface area contributed by atoms with E-state index in [-0.39, 0.29) is 5.91 Å². The van der Waals surface area contributed by atoms with E-state index in [0.29, 0.717) is 46.3 Å². The summed E-state index contributed by atoms with van der Waals surface area (Å²) in [6.07, 6.45) is 0. The molecular weight excluding hydrogens is 443 g/mol. The zero-order valence-electron chi connectivity index (χ0n) is 16.9. The first-order chi connectivity index (χ1) is 14.4. The number of nitrogens with zero attached hydrogens (tertiary/aromatic N) is 1. The fourth-order valence-corrected chi connectivity index (χ4v) is 3.73. The van der Waals surface area contributed by atoms with E-state index in [1.54, 1.807) is 24.6 Å². The van der Waals surface area contributed by atoms with Gasteiger partial charge in [0.1, 0.15) is 17.3 Å². The number of rotatable bonds is 8. The van der Waals surface area contributed by atoms with Crippen molar-refractivity contribution in [1.29, 1.82) is 0 Å². The average Bonchev–Trinajstić information content (AvgIpc) is 3.23. The summed E-state index contributed by atoms with van der Waals surface area (Å²) in [5.41, 5.74) is 2.16. The molecule has 0 aliphatic heterocycles. The van der Waals surface area contributed by atoms with Crippen molar-refractivity contribution in [3.8, 4) is 22.1 Å². The number of hydrogen-bond donors (Lipinski definition) is 1. The molecule has 0 saturated carbocycles. The number of ether oxygens (including phenoxy) is 2. The molecule has 5 nitrogen and oxygen atoms in total. The first-order valence-electron chi connectivity index (χ1n) is 9.36. The quantitative estimate of drug-likeness (QED) is 0.437. The van der Waals surface area contributed by atoms with Gasteiger partial charge in [0, 0.05) is 17.5 Å². The zero-order chi connectivity index (χ0) is 21.7. The van der Waals surface area contributed by atoms with Crippen LogP contribution in [0.3, 0.4) is 0 Å². The predicted molar refractivity (Wildman–Crippen MR) is 122 cm³/mol. The van der Waals surface area contributed by atoms with Crippen molar-refractivity contribution < 1.29 is 14.3 Å². The fraction of sp³-hybridized carbons (Fsp3) is 0.273. The topological polar surface area (TPSA) is 60.5 Å². The largest absolute Gasteiger partial charge is 0.493 e. The van der Waals surface area contributed by atoms with E-state index in [1.165, 1.54) is 11.3 Å². The van der Waals surface area contributed by atoms with E-state index < -0.39 is 0 Å². The summed E-state index contributed by atoms with van der Waals surface area (Å²) in [7, 11) is 1.58. The lowest BCUT2D eigenvalue weighted by Gasteiger charge is -2.12. The van der Waals surface area contributed by atoms with Crippen LogP contribution in [-0.2, 0) is 6.61 Å². The Hall–Kier alpha value is -2.28. The number of halogens is 2. The maximum atomic E-state index is 12.2. The molecule has 1 amide bonds. The third-order valence-corrected chi connectivity index (χ3v) is 5.83. The van der Waals surface area contributed by atoms with Gasteiger partial charge < -0.3 is 14.8 Å². The lowest BCUT2D eigenvalue weighted by Crippen LogP contribution is -2.27. The maximum absolute atomic E-state index is 12.2. The van der Waals surface area contributed by atoms with Crippen LogP contribution in [0.25, 0.3) is 10.6 Å². The van der Waals surface area contributed by atoms with Crippen LogP contribution in [0.2, 0.25) is 10.0 Å². The molecule has 30 heavy (non-hydrogen) atoms. The van der Waals surface area contributed by atoms with Crippen molar-refractivity contribution in [3.05, 3.63) is 63.1 Å². The molecule has 0 fully saturated rings. The molecule has 1 N–H and O–H groups in total. The Balaban J connectivity index is 1.72. The second-order valence-corrected chi connectivity index (χ2v) is 8.72. The van der Waals surface area contributed by atoms with Crippen LogP contribution in [0.15, 0.2) is 41.8 Å². The number of hydrogen-bond acceptors (Lipinski definition) is 5. The molecule has 3 rings (SSSR count). The minimum Gasteiger partial charge on any atom is -0.493 e. The van der Waals surface area contributed by atoms with Gasteiger partial charge >= 0.3 is 0 Å². The van der Waals surface area contributed by atoms with Gasteiger partial charge in [0.15, 0.2) is 11.5 Å². The van der Waals surface area contributed by atoms with E-state index >= 15 is 0 Å². The third-order valence-electron chi connectivity index (χ3n) is 4.20. The Morgan fingerprint density at radius 3 is 2.63 bits per heavy atom. The molecule has 1 aromatic heterocycles. The highest BCUT2D eigenvalue weighted by Crippen LogP contribution is 2.34. The Labute approximate surface area is 190 Å². The van der Waals surface area contributed by atoms with Gasteiger partial charge in [-0.1, -0.05) is 43.1 Å². The van der Waals surface area contributed by atoms with Gasteiger partial charge in [0.05, 0.1) is 17.2 Å². The third kappa shape index (κ3) is 5.65. The van der Waals surface area contributed by atoms with Crippen molar-refractivity contribution in [1.82, 2.24) is 10.3 Å². The summed E-state index contributed by atoms with van der Waals surface area (Å²) >= 11 is 13.4.